The van der Waals surface area contributed by atoms with Gasteiger partial charge in [0.25, 0.3) is 0 Å². The highest BCUT2D eigenvalue weighted by atomic mass is 79.9. The van der Waals surface area contributed by atoms with E-state index >= 15 is 0 Å². The lowest BCUT2D eigenvalue weighted by molar-refractivity contribution is -0.121. The zero-order valence-corrected chi connectivity index (χ0v) is 12.8. The minimum atomic E-state index is 0.0602. The van der Waals surface area contributed by atoms with Crippen LogP contribution in [0.5, 0.6) is 0 Å². The van der Waals surface area contributed by atoms with Gasteiger partial charge in [0.2, 0.25) is 0 Å². The molecule has 1 aromatic heterocycles. The molecule has 0 atom stereocenters. The maximum absolute atomic E-state index is 12.2. The first-order valence-corrected chi connectivity index (χ1v) is 7.75. The number of carbonyl (C=O) groups excluding carboxylic acids is 1. The van der Waals surface area contributed by atoms with Crippen molar-refractivity contribution in [2.45, 2.75) is 44.9 Å². The van der Waals surface area contributed by atoms with Gasteiger partial charge in [0.15, 0.2) is 0 Å². The average molecular weight is 325 g/mol. The van der Waals surface area contributed by atoms with Crippen LogP contribution in [-0.2, 0) is 11.2 Å². The molecule has 2 N–H and O–H groups in total. The molecule has 0 spiro atoms. The van der Waals surface area contributed by atoms with Crippen LogP contribution in [0, 0.1) is 5.41 Å². The van der Waals surface area contributed by atoms with Crippen LogP contribution in [0.1, 0.15) is 44.2 Å². The summed E-state index contributed by atoms with van der Waals surface area (Å²) in [6.45, 7) is 0.631. The first-order chi connectivity index (χ1) is 9.13. The van der Waals surface area contributed by atoms with E-state index in [2.05, 4.69) is 20.9 Å². The summed E-state index contributed by atoms with van der Waals surface area (Å²) in [4.78, 5) is 16.5. The number of hydrogen-bond donors (Lipinski definition) is 1. The Balaban J connectivity index is 1.94. The fourth-order valence-electron chi connectivity index (χ4n) is 2.95. The van der Waals surface area contributed by atoms with Crippen LogP contribution < -0.4 is 5.73 Å². The quantitative estimate of drug-likeness (QED) is 0.904. The van der Waals surface area contributed by atoms with Crippen molar-refractivity contribution in [3.8, 4) is 0 Å². The van der Waals surface area contributed by atoms with Crippen molar-refractivity contribution in [1.82, 2.24) is 4.98 Å². The third-order valence-electron chi connectivity index (χ3n) is 4.09. The van der Waals surface area contributed by atoms with Gasteiger partial charge in [-0.3, -0.25) is 9.78 Å². The second kappa shape index (κ2) is 6.62. The van der Waals surface area contributed by atoms with Crippen LogP contribution in [0.25, 0.3) is 0 Å². The van der Waals surface area contributed by atoms with Crippen molar-refractivity contribution in [2.75, 3.05) is 6.54 Å². The number of aromatic nitrogens is 1. The Morgan fingerprint density at radius 1 is 1.32 bits per heavy atom. The summed E-state index contributed by atoms with van der Waals surface area (Å²) in [7, 11) is 0. The molecule has 1 aliphatic rings. The Morgan fingerprint density at radius 3 is 2.63 bits per heavy atom. The molecule has 2 rings (SSSR count). The number of carbonyl (C=O) groups is 1. The molecule has 4 heteroatoms. The van der Waals surface area contributed by atoms with E-state index in [0.717, 1.165) is 23.0 Å². The minimum absolute atomic E-state index is 0.0602. The predicted molar refractivity (Wildman–Crippen MR) is 79.8 cm³/mol. The molecule has 1 fully saturated rings. The molecule has 0 radical (unpaired) electrons. The molecule has 0 amide bonds. The Kier molecular flexibility index (Phi) is 5.11. The van der Waals surface area contributed by atoms with E-state index in [1.54, 1.807) is 6.20 Å². The van der Waals surface area contributed by atoms with Crippen LogP contribution in [0.3, 0.4) is 0 Å². The molecule has 0 unspecified atom stereocenters. The summed E-state index contributed by atoms with van der Waals surface area (Å²) in [6.07, 6.45) is 8.68. The largest absolute Gasteiger partial charge is 0.330 e. The second-order valence-electron chi connectivity index (χ2n) is 5.62. The van der Waals surface area contributed by atoms with Gasteiger partial charge in [0.05, 0.1) is 0 Å². The smallest absolute Gasteiger partial charge is 0.139 e. The fraction of sp³-hybridized carbons (Fsp3) is 0.600. The molecular weight excluding hydrogens is 304 g/mol. The van der Waals surface area contributed by atoms with Gasteiger partial charge >= 0.3 is 0 Å². The Morgan fingerprint density at radius 2 is 2.05 bits per heavy atom. The number of nitrogens with two attached hydrogens (primary N) is 1. The number of ketones is 1. The molecule has 1 aliphatic carbocycles. The zero-order valence-electron chi connectivity index (χ0n) is 11.2. The van der Waals surface area contributed by atoms with Crippen molar-refractivity contribution in [3.05, 3.63) is 28.5 Å². The lowest BCUT2D eigenvalue weighted by Crippen LogP contribution is -2.35. The van der Waals surface area contributed by atoms with Gasteiger partial charge in [-0.1, -0.05) is 19.3 Å². The first kappa shape index (κ1) is 14.7. The van der Waals surface area contributed by atoms with Crippen LogP contribution in [0.15, 0.2) is 22.8 Å². The summed E-state index contributed by atoms with van der Waals surface area (Å²) < 4.78 is 0.939. The summed E-state index contributed by atoms with van der Waals surface area (Å²) in [5.74, 6) is 0.266. The lowest BCUT2D eigenvalue weighted by Gasteiger charge is -2.35. The molecule has 1 heterocycles. The number of halogens is 1. The van der Waals surface area contributed by atoms with Gasteiger partial charge in [0, 0.05) is 29.2 Å². The standard InChI is InChI=1S/C15H21BrN2O/c16-12-4-5-13(18-10-12)8-14(19)9-15(11-17)6-2-1-3-7-15/h4-5,10H,1-3,6-9,11,17H2. The molecule has 0 saturated heterocycles. The van der Waals surface area contributed by atoms with E-state index < -0.39 is 0 Å². The van der Waals surface area contributed by atoms with E-state index in [9.17, 15) is 4.79 Å². The highest BCUT2D eigenvalue weighted by Gasteiger charge is 2.32. The summed E-state index contributed by atoms with van der Waals surface area (Å²) in [5.41, 5.74) is 6.83. The SMILES string of the molecule is NCC1(CC(=O)Cc2ccc(Br)cn2)CCCCC1. The van der Waals surface area contributed by atoms with E-state index in [1.165, 1.54) is 19.3 Å². The summed E-state index contributed by atoms with van der Waals surface area (Å²) >= 11 is 3.35. The number of Topliss-reactive ketones (excluding diaryl/α,β-unsaturated/α-hetero) is 1. The monoisotopic (exact) mass is 324 g/mol. The maximum atomic E-state index is 12.2. The Bertz CT molecular complexity index is 424. The predicted octanol–water partition coefficient (Wildman–Crippen LogP) is 3.26. The number of hydrogen-bond acceptors (Lipinski definition) is 3. The van der Waals surface area contributed by atoms with E-state index in [-0.39, 0.29) is 11.2 Å². The van der Waals surface area contributed by atoms with E-state index in [4.69, 9.17) is 5.73 Å². The van der Waals surface area contributed by atoms with Gasteiger partial charge in [-0.2, -0.15) is 0 Å². The van der Waals surface area contributed by atoms with E-state index in [1.807, 2.05) is 12.1 Å². The first-order valence-electron chi connectivity index (χ1n) is 6.96. The number of pyridine rings is 1. The van der Waals surface area contributed by atoms with Crippen LogP contribution in [0.4, 0.5) is 0 Å². The molecule has 0 aliphatic heterocycles. The lowest BCUT2D eigenvalue weighted by atomic mass is 9.70. The van der Waals surface area contributed by atoms with Crippen LogP contribution >= 0.6 is 15.9 Å². The van der Waals surface area contributed by atoms with Crippen molar-refractivity contribution in [3.63, 3.8) is 0 Å². The summed E-state index contributed by atoms with van der Waals surface area (Å²) in [6, 6.07) is 3.83. The van der Waals surface area contributed by atoms with Gasteiger partial charge in [-0.15, -0.1) is 0 Å². The molecule has 0 bridgehead atoms. The molecular formula is C15H21BrN2O. The molecule has 19 heavy (non-hydrogen) atoms. The van der Waals surface area contributed by atoms with Gasteiger partial charge in [-0.05, 0) is 52.9 Å². The fourth-order valence-corrected chi connectivity index (χ4v) is 3.18. The number of nitrogens with zero attached hydrogens (tertiary/aromatic N) is 1. The van der Waals surface area contributed by atoms with Gasteiger partial charge in [-0.25, -0.2) is 0 Å². The molecule has 1 saturated carbocycles. The average Bonchev–Trinajstić information content (AvgIpc) is 2.42. The topological polar surface area (TPSA) is 56.0 Å². The van der Waals surface area contributed by atoms with Gasteiger partial charge < -0.3 is 5.73 Å². The highest BCUT2D eigenvalue weighted by molar-refractivity contribution is 9.10. The Hall–Kier alpha value is -0.740. The third-order valence-corrected chi connectivity index (χ3v) is 4.56. The molecule has 3 nitrogen and oxygen atoms in total. The van der Waals surface area contributed by atoms with Gasteiger partial charge in [0.1, 0.15) is 5.78 Å². The minimum Gasteiger partial charge on any atom is -0.330 e. The van der Waals surface area contributed by atoms with Crippen LogP contribution in [0.2, 0.25) is 0 Å². The van der Waals surface area contributed by atoms with Crippen molar-refractivity contribution >= 4 is 21.7 Å². The van der Waals surface area contributed by atoms with Crippen LogP contribution in [-0.4, -0.2) is 17.3 Å². The third kappa shape index (κ3) is 4.11. The van der Waals surface area contributed by atoms with Crippen molar-refractivity contribution < 1.29 is 4.79 Å². The highest BCUT2D eigenvalue weighted by Crippen LogP contribution is 2.38. The molecule has 1 aromatic rings. The van der Waals surface area contributed by atoms with E-state index in [0.29, 0.717) is 19.4 Å². The molecule has 104 valence electrons. The number of rotatable bonds is 5. The van der Waals surface area contributed by atoms with Crippen molar-refractivity contribution in [2.24, 2.45) is 11.1 Å². The second-order valence-corrected chi connectivity index (χ2v) is 6.54. The maximum Gasteiger partial charge on any atom is 0.139 e. The Labute approximate surface area is 123 Å². The molecule has 0 aromatic carbocycles. The summed E-state index contributed by atoms with van der Waals surface area (Å²) in [5, 5.41) is 0. The van der Waals surface area contributed by atoms with Crippen molar-refractivity contribution in [1.29, 1.82) is 0 Å². The zero-order chi connectivity index (χ0) is 13.7. The normalized spacial score (nSPS) is 18.2.